The van der Waals surface area contributed by atoms with E-state index in [-0.39, 0.29) is 55.6 Å². The second-order valence-corrected chi connectivity index (χ2v) is 22.7. The predicted octanol–water partition coefficient (Wildman–Crippen LogP) is 15.8. The van der Waals surface area contributed by atoms with Crippen LogP contribution in [0.2, 0.25) is 0 Å². The summed E-state index contributed by atoms with van der Waals surface area (Å²) >= 11 is 0. The Bertz CT molecular complexity index is 2840. The minimum absolute atomic E-state index is 0. The summed E-state index contributed by atoms with van der Waals surface area (Å²) in [6, 6.07) is 45.1. The van der Waals surface area contributed by atoms with Crippen molar-refractivity contribution in [1.29, 1.82) is 0 Å². The van der Waals surface area contributed by atoms with Crippen molar-refractivity contribution in [3.63, 3.8) is 0 Å². The summed E-state index contributed by atoms with van der Waals surface area (Å²) in [6.07, 6.45) is 4.23. The van der Waals surface area contributed by atoms with Gasteiger partial charge in [-0.05, 0) is 90.6 Å². The molecule has 6 heteroatoms. The quantitative estimate of drug-likeness (QED) is 0.155. The molecule has 5 nitrogen and oxygen atoms in total. The monoisotopic (exact) mass is 1040 g/mol. The van der Waals surface area contributed by atoms with E-state index in [4.69, 9.17) is 9.72 Å². The second kappa shape index (κ2) is 17.6. The fourth-order valence-corrected chi connectivity index (χ4v) is 8.30. The first-order chi connectivity index (χ1) is 29.3. The Balaban J connectivity index is 0.00000350. The maximum absolute atomic E-state index is 6.92. The predicted molar refractivity (Wildman–Crippen MR) is 273 cm³/mol. The number of hydrogen-bond acceptors (Lipinski definition) is 4. The molecular weight excluding hydrogens is 976 g/mol. The Hall–Kier alpha value is -5.12. The molecule has 0 saturated carbocycles. The van der Waals surface area contributed by atoms with Gasteiger partial charge in [0.1, 0.15) is 5.82 Å². The zero-order chi connectivity index (χ0) is 45.4. The van der Waals surface area contributed by atoms with Gasteiger partial charge in [-0.1, -0.05) is 164 Å². The first-order valence-electron chi connectivity index (χ1n) is 22.6. The average molecular weight is 1050 g/mol. The SMILES string of the molecule is CC(C)(C)c1cc(Oc2[c-]c3c(cc2)c2ccc(C(C)(C)C)cc2n3-c2cc(C(C)(C)C)ccn2)[c-]c(N2CN(c3cc(C(C)(C)C)cc(C(C)(C)C)c3)C=C2c2ccccc2)c1.[CH3-].[Pt]. The molecule has 0 bridgehead atoms. The van der Waals surface area contributed by atoms with Crippen molar-refractivity contribution < 1.29 is 25.8 Å². The van der Waals surface area contributed by atoms with E-state index in [0.717, 1.165) is 50.1 Å². The number of anilines is 2. The molecule has 0 aliphatic carbocycles. The molecule has 0 saturated heterocycles. The van der Waals surface area contributed by atoms with Crippen LogP contribution in [0.5, 0.6) is 11.5 Å². The second-order valence-electron chi connectivity index (χ2n) is 22.7. The molecule has 8 rings (SSSR count). The summed E-state index contributed by atoms with van der Waals surface area (Å²) < 4.78 is 9.18. The minimum atomic E-state index is -0.157. The van der Waals surface area contributed by atoms with E-state index in [9.17, 15) is 0 Å². The van der Waals surface area contributed by atoms with E-state index in [1.54, 1.807) is 0 Å². The summed E-state index contributed by atoms with van der Waals surface area (Å²) in [4.78, 5) is 9.74. The van der Waals surface area contributed by atoms with Gasteiger partial charge in [-0.3, -0.25) is 0 Å². The number of hydrogen-bond donors (Lipinski definition) is 0. The van der Waals surface area contributed by atoms with Crippen molar-refractivity contribution in [3.8, 4) is 17.3 Å². The van der Waals surface area contributed by atoms with E-state index < -0.39 is 0 Å². The van der Waals surface area contributed by atoms with Gasteiger partial charge in [0.15, 0.2) is 0 Å². The van der Waals surface area contributed by atoms with Crippen LogP contribution < -0.4 is 14.5 Å². The van der Waals surface area contributed by atoms with Crippen LogP contribution in [0.15, 0.2) is 116 Å². The number of rotatable bonds is 6. The summed E-state index contributed by atoms with van der Waals surface area (Å²) in [5.74, 6) is 2.14. The summed E-state index contributed by atoms with van der Waals surface area (Å²) in [5.41, 5.74) is 12.5. The number of nitrogens with zero attached hydrogens (tertiary/aromatic N) is 4. The zero-order valence-electron chi connectivity index (χ0n) is 41.7. The van der Waals surface area contributed by atoms with Crippen LogP contribution in [0.4, 0.5) is 11.4 Å². The van der Waals surface area contributed by atoms with Crippen LogP contribution >= 0.6 is 0 Å². The smallest absolute Gasteiger partial charge is 0.135 e. The molecule has 0 atom stereocenters. The van der Waals surface area contributed by atoms with Gasteiger partial charge < -0.3 is 26.5 Å². The first kappa shape index (κ1) is 49.3. The molecule has 2 aromatic heterocycles. The number of pyridine rings is 1. The molecule has 3 heterocycles. The molecule has 0 spiro atoms. The van der Waals surface area contributed by atoms with Crippen molar-refractivity contribution in [1.82, 2.24) is 9.55 Å². The van der Waals surface area contributed by atoms with Crippen LogP contribution in [0.3, 0.4) is 0 Å². The van der Waals surface area contributed by atoms with Crippen molar-refractivity contribution in [2.24, 2.45) is 0 Å². The topological polar surface area (TPSA) is 33.5 Å². The van der Waals surface area contributed by atoms with Gasteiger partial charge in [0.05, 0.1) is 12.4 Å². The third-order valence-electron chi connectivity index (χ3n) is 12.5. The summed E-state index contributed by atoms with van der Waals surface area (Å²) in [5, 5.41) is 2.27. The molecule has 344 valence electrons. The van der Waals surface area contributed by atoms with E-state index in [1.165, 1.54) is 27.9 Å². The summed E-state index contributed by atoms with van der Waals surface area (Å²) in [6.45, 7) is 34.7. The molecule has 1 aliphatic heterocycles. The maximum atomic E-state index is 6.92. The van der Waals surface area contributed by atoms with Gasteiger partial charge in [-0.15, -0.1) is 41.3 Å². The summed E-state index contributed by atoms with van der Waals surface area (Å²) in [7, 11) is 0. The Morgan fingerprint density at radius 3 is 1.71 bits per heavy atom. The van der Waals surface area contributed by atoms with Crippen LogP contribution in [0.1, 0.15) is 137 Å². The molecule has 65 heavy (non-hydrogen) atoms. The molecule has 0 unspecified atom stereocenters. The fraction of sp³-hybridized carbons (Fsp3) is 0.356. The van der Waals surface area contributed by atoms with E-state index in [2.05, 4.69) is 234 Å². The van der Waals surface area contributed by atoms with Crippen LogP contribution in [-0.2, 0) is 48.1 Å². The zero-order valence-corrected chi connectivity index (χ0v) is 44.0. The molecule has 7 aromatic rings. The Kier molecular flexibility index (Phi) is 13.3. The van der Waals surface area contributed by atoms with Crippen molar-refractivity contribution in [2.75, 3.05) is 16.5 Å². The Morgan fingerprint density at radius 2 is 1.11 bits per heavy atom. The van der Waals surface area contributed by atoms with Crippen molar-refractivity contribution >= 4 is 38.9 Å². The van der Waals surface area contributed by atoms with E-state index in [0.29, 0.717) is 18.2 Å². The van der Waals surface area contributed by atoms with Gasteiger partial charge in [-0.2, -0.15) is 6.07 Å². The third-order valence-corrected chi connectivity index (χ3v) is 12.5. The minimum Gasteiger partial charge on any atom is -0.509 e. The van der Waals surface area contributed by atoms with Gasteiger partial charge in [0, 0.05) is 56.2 Å². The third kappa shape index (κ3) is 10.2. The van der Waals surface area contributed by atoms with E-state index in [1.807, 2.05) is 12.3 Å². The maximum Gasteiger partial charge on any atom is 0.135 e. The standard InChI is InChI=1S/C58H66N4O.CH3.Pt/c1-54(2,3)39-21-23-48-49-24-22-46(35-51(49)62(50(48)32-39)53-33-40(25-26-59-53)55(4,5)6)63-47-31-43(58(13,14)15)30-45(34-47)61-37-60(36-52(61)38-19-17-16-18-20-38)44-28-41(56(7,8)9)27-42(29-44)57(10,11)12;;/h16-33,36H,37H2,1-15H3;1H3;/q-2;-1;. The molecular formula is C59H69N4OPt-3. The number of fused-ring (bicyclic) bond motifs is 3. The van der Waals surface area contributed by atoms with Crippen molar-refractivity contribution in [3.05, 3.63) is 168 Å². The number of ether oxygens (including phenoxy) is 1. The average Bonchev–Trinajstić information content (AvgIpc) is 3.79. The molecule has 0 radical (unpaired) electrons. The largest absolute Gasteiger partial charge is 0.509 e. The fourth-order valence-electron chi connectivity index (χ4n) is 8.30. The van der Waals surface area contributed by atoms with Crippen LogP contribution in [0, 0.1) is 19.6 Å². The van der Waals surface area contributed by atoms with Gasteiger partial charge in [-0.25, -0.2) is 4.98 Å². The van der Waals surface area contributed by atoms with Gasteiger partial charge >= 0.3 is 0 Å². The van der Waals surface area contributed by atoms with E-state index >= 15 is 0 Å². The van der Waals surface area contributed by atoms with Crippen LogP contribution in [-0.4, -0.2) is 16.2 Å². The Morgan fingerprint density at radius 1 is 0.538 bits per heavy atom. The molecule has 0 N–H and O–H groups in total. The molecule has 5 aromatic carbocycles. The normalized spacial score (nSPS) is 13.8. The van der Waals surface area contributed by atoms with Crippen molar-refractivity contribution in [2.45, 2.75) is 131 Å². The molecule has 1 aliphatic rings. The molecule has 0 amide bonds. The Labute approximate surface area is 405 Å². The number of benzene rings is 5. The van der Waals surface area contributed by atoms with Crippen LogP contribution in [0.25, 0.3) is 33.3 Å². The first-order valence-corrected chi connectivity index (χ1v) is 22.6. The van der Waals surface area contributed by atoms with Gasteiger partial charge in [0.2, 0.25) is 0 Å². The number of aromatic nitrogens is 2. The molecule has 0 fully saturated rings. The van der Waals surface area contributed by atoms with Gasteiger partial charge in [0.25, 0.3) is 0 Å².